The highest BCUT2D eigenvalue weighted by molar-refractivity contribution is 5.36. The maximum atomic E-state index is 5.42. The summed E-state index contributed by atoms with van der Waals surface area (Å²) < 4.78 is 5.42. The zero-order valence-electron chi connectivity index (χ0n) is 13.1. The average molecular weight is 276 g/mol. The molecule has 1 aliphatic heterocycles. The molecule has 20 heavy (non-hydrogen) atoms. The van der Waals surface area contributed by atoms with Gasteiger partial charge >= 0.3 is 0 Å². The van der Waals surface area contributed by atoms with Crippen LogP contribution in [0.5, 0.6) is 5.75 Å². The Morgan fingerprint density at radius 1 is 1.30 bits per heavy atom. The second-order valence-corrected chi connectivity index (χ2v) is 5.82. The number of aryl methyl sites for hydroxylation is 1. The van der Waals surface area contributed by atoms with Crippen LogP contribution < -0.4 is 10.1 Å². The van der Waals surface area contributed by atoms with E-state index in [4.69, 9.17) is 4.74 Å². The zero-order chi connectivity index (χ0) is 14.4. The maximum absolute atomic E-state index is 5.42. The number of nitrogens with one attached hydrogen (secondary N) is 1. The highest BCUT2D eigenvalue weighted by Crippen LogP contribution is 2.20. The summed E-state index contributed by atoms with van der Waals surface area (Å²) in [5.74, 6) is 1.82. The van der Waals surface area contributed by atoms with Gasteiger partial charge in [-0.25, -0.2) is 0 Å². The Morgan fingerprint density at radius 3 is 2.70 bits per heavy atom. The van der Waals surface area contributed by atoms with Crippen molar-refractivity contribution in [2.75, 3.05) is 33.3 Å². The first kappa shape index (κ1) is 15.3. The molecule has 2 rings (SSSR count). The monoisotopic (exact) mass is 276 g/mol. The molecule has 1 saturated heterocycles. The van der Waals surface area contributed by atoms with Gasteiger partial charge in [-0.15, -0.1) is 0 Å². The number of ether oxygens (including phenoxy) is 1. The molecule has 1 aliphatic rings. The molecule has 3 nitrogen and oxygen atoms in total. The Kier molecular flexibility index (Phi) is 5.86. The van der Waals surface area contributed by atoms with Crippen molar-refractivity contribution >= 4 is 0 Å². The van der Waals surface area contributed by atoms with Crippen molar-refractivity contribution < 1.29 is 4.74 Å². The molecule has 0 atom stereocenters. The Bertz CT molecular complexity index is 411. The number of hydrogen-bond acceptors (Lipinski definition) is 3. The standard InChI is InChI=1S/C17H28N2O/c1-4-19-9-7-15(8-10-19)12-18-13-16-11-14(2)5-6-17(16)20-3/h5-6,11,15,18H,4,7-10,12-13H2,1-3H3. The van der Waals surface area contributed by atoms with Gasteiger partial charge in [0.15, 0.2) is 0 Å². The van der Waals surface area contributed by atoms with Crippen LogP contribution in [0, 0.1) is 12.8 Å². The molecule has 0 unspecified atom stereocenters. The minimum absolute atomic E-state index is 0.827. The first-order chi connectivity index (χ1) is 9.72. The van der Waals surface area contributed by atoms with E-state index in [0.29, 0.717) is 0 Å². The largest absolute Gasteiger partial charge is 0.496 e. The second-order valence-electron chi connectivity index (χ2n) is 5.82. The van der Waals surface area contributed by atoms with Crippen LogP contribution in [0.25, 0.3) is 0 Å². The number of piperidine rings is 1. The van der Waals surface area contributed by atoms with Gasteiger partial charge in [-0.2, -0.15) is 0 Å². The minimum Gasteiger partial charge on any atom is -0.496 e. The van der Waals surface area contributed by atoms with Crippen molar-refractivity contribution in [1.29, 1.82) is 0 Å². The maximum Gasteiger partial charge on any atom is 0.123 e. The Labute approximate surface area is 123 Å². The summed E-state index contributed by atoms with van der Waals surface area (Å²) in [5, 5.41) is 3.61. The lowest BCUT2D eigenvalue weighted by molar-refractivity contribution is 0.190. The van der Waals surface area contributed by atoms with Gasteiger partial charge in [0.05, 0.1) is 7.11 Å². The predicted octanol–water partition coefficient (Wildman–Crippen LogP) is 2.83. The van der Waals surface area contributed by atoms with Crippen LogP contribution in [0.1, 0.15) is 30.9 Å². The normalized spacial score (nSPS) is 17.4. The summed E-state index contributed by atoms with van der Waals surface area (Å²) in [7, 11) is 1.74. The van der Waals surface area contributed by atoms with Crippen LogP contribution >= 0.6 is 0 Å². The van der Waals surface area contributed by atoms with Crippen LogP contribution in [-0.4, -0.2) is 38.2 Å². The number of rotatable bonds is 6. The fourth-order valence-corrected chi connectivity index (χ4v) is 2.96. The molecule has 0 amide bonds. The van der Waals surface area contributed by atoms with Crippen molar-refractivity contribution in [3.63, 3.8) is 0 Å². The molecule has 3 heteroatoms. The van der Waals surface area contributed by atoms with E-state index >= 15 is 0 Å². The molecular formula is C17H28N2O. The lowest BCUT2D eigenvalue weighted by Crippen LogP contribution is -2.37. The van der Waals surface area contributed by atoms with Crippen molar-refractivity contribution in [1.82, 2.24) is 10.2 Å². The highest BCUT2D eigenvalue weighted by Gasteiger charge is 2.17. The molecule has 1 aromatic rings. The van der Waals surface area contributed by atoms with Crippen molar-refractivity contribution in [3.05, 3.63) is 29.3 Å². The molecular weight excluding hydrogens is 248 g/mol. The molecule has 0 aromatic heterocycles. The number of benzene rings is 1. The minimum atomic E-state index is 0.827. The van der Waals surface area contributed by atoms with Gasteiger partial charge in [-0.05, 0) is 57.9 Å². The third kappa shape index (κ3) is 4.22. The van der Waals surface area contributed by atoms with Gasteiger partial charge in [0.25, 0.3) is 0 Å². The van der Waals surface area contributed by atoms with Crippen LogP contribution in [0.4, 0.5) is 0 Å². The van der Waals surface area contributed by atoms with Gasteiger partial charge < -0.3 is 15.0 Å². The Morgan fingerprint density at radius 2 is 2.05 bits per heavy atom. The van der Waals surface area contributed by atoms with Gasteiger partial charge in [0.2, 0.25) is 0 Å². The molecule has 1 fully saturated rings. The first-order valence-electron chi connectivity index (χ1n) is 7.79. The molecule has 112 valence electrons. The second kappa shape index (κ2) is 7.65. The number of hydrogen-bond donors (Lipinski definition) is 1. The zero-order valence-corrected chi connectivity index (χ0v) is 13.1. The van der Waals surface area contributed by atoms with Crippen LogP contribution in [-0.2, 0) is 6.54 Å². The van der Waals surface area contributed by atoms with E-state index in [1.807, 2.05) is 0 Å². The van der Waals surface area contributed by atoms with Crippen LogP contribution in [0.2, 0.25) is 0 Å². The quantitative estimate of drug-likeness (QED) is 0.864. The molecule has 1 aromatic carbocycles. The smallest absolute Gasteiger partial charge is 0.123 e. The summed E-state index contributed by atoms with van der Waals surface area (Å²) >= 11 is 0. The summed E-state index contributed by atoms with van der Waals surface area (Å²) in [6.45, 7) is 10.1. The van der Waals surface area contributed by atoms with E-state index < -0.39 is 0 Å². The molecule has 0 spiro atoms. The third-order valence-corrected chi connectivity index (χ3v) is 4.34. The van der Waals surface area contributed by atoms with Crippen LogP contribution in [0.15, 0.2) is 18.2 Å². The molecule has 1 N–H and O–H groups in total. The van der Waals surface area contributed by atoms with Crippen molar-refractivity contribution in [2.45, 2.75) is 33.2 Å². The van der Waals surface area contributed by atoms with E-state index in [2.05, 4.69) is 42.3 Å². The fourth-order valence-electron chi connectivity index (χ4n) is 2.96. The van der Waals surface area contributed by atoms with Crippen molar-refractivity contribution in [2.24, 2.45) is 5.92 Å². The average Bonchev–Trinajstić information content (AvgIpc) is 2.48. The predicted molar refractivity (Wildman–Crippen MR) is 84.3 cm³/mol. The van der Waals surface area contributed by atoms with E-state index in [-0.39, 0.29) is 0 Å². The van der Waals surface area contributed by atoms with Gasteiger partial charge in [-0.3, -0.25) is 0 Å². The van der Waals surface area contributed by atoms with E-state index in [1.165, 1.54) is 43.6 Å². The molecule has 0 bridgehead atoms. The summed E-state index contributed by atoms with van der Waals surface area (Å²) in [5.41, 5.74) is 2.55. The van der Waals surface area contributed by atoms with Gasteiger partial charge in [0, 0.05) is 12.1 Å². The van der Waals surface area contributed by atoms with Gasteiger partial charge in [0.1, 0.15) is 5.75 Å². The highest BCUT2D eigenvalue weighted by atomic mass is 16.5. The molecule has 1 heterocycles. The van der Waals surface area contributed by atoms with Crippen molar-refractivity contribution in [3.8, 4) is 5.75 Å². The molecule has 0 saturated carbocycles. The lowest BCUT2D eigenvalue weighted by Gasteiger charge is -2.31. The summed E-state index contributed by atoms with van der Waals surface area (Å²) in [6.07, 6.45) is 2.65. The molecule has 0 radical (unpaired) electrons. The summed E-state index contributed by atoms with van der Waals surface area (Å²) in [4.78, 5) is 2.54. The van der Waals surface area contributed by atoms with E-state index in [1.54, 1.807) is 7.11 Å². The topological polar surface area (TPSA) is 24.5 Å². The third-order valence-electron chi connectivity index (χ3n) is 4.34. The number of methoxy groups -OCH3 is 1. The lowest BCUT2D eigenvalue weighted by atomic mass is 9.97. The van der Waals surface area contributed by atoms with Crippen LogP contribution in [0.3, 0.4) is 0 Å². The number of nitrogens with zero attached hydrogens (tertiary/aromatic N) is 1. The summed E-state index contributed by atoms with van der Waals surface area (Å²) in [6, 6.07) is 6.38. The first-order valence-corrected chi connectivity index (χ1v) is 7.79. The SMILES string of the molecule is CCN1CCC(CNCc2cc(C)ccc2OC)CC1. The fraction of sp³-hybridized carbons (Fsp3) is 0.647. The van der Waals surface area contributed by atoms with Gasteiger partial charge in [-0.1, -0.05) is 24.6 Å². The Hall–Kier alpha value is -1.06. The number of likely N-dealkylation sites (tertiary alicyclic amines) is 1. The Balaban J connectivity index is 1.77. The van der Waals surface area contributed by atoms with E-state index in [9.17, 15) is 0 Å². The molecule has 0 aliphatic carbocycles. The van der Waals surface area contributed by atoms with E-state index in [0.717, 1.165) is 24.8 Å².